The number of hydrogen-bond acceptors (Lipinski definition) is 4. The number of halogens is 1. The van der Waals surface area contributed by atoms with E-state index in [1.165, 1.54) is 12.1 Å². The van der Waals surface area contributed by atoms with E-state index in [0.717, 1.165) is 12.3 Å². The van der Waals surface area contributed by atoms with Crippen LogP contribution in [0.1, 0.15) is 22.3 Å². The Morgan fingerprint density at radius 1 is 1.43 bits per heavy atom. The molecule has 0 radical (unpaired) electrons. The largest absolute Gasteiger partial charge is 0.384 e. The van der Waals surface area contributed by atoms with Crippen molar-refractivity contribution in [3.63, 3.8) is 0 Å². The normalized spacial score (nSPS) is 10.6. The number of nitrogens with one attached hydrogen (secondary N) is 1. The Morgan fingerprint density at radius 2 is 2.14 bits per heavy atom. The van der Waals surface area contributed by atoms with Gasteiger partial charge >= 0.3 is 0 Å². The van der Waals surface area contributed by atoms with Crippen LogP contribution >= 0.6 is 0 Å². The molecule has 0 bridgehead atoms. The minimum Gasteiger partial charge on any atom is -0.384 e. The fourth-order valence-corrected chi connectivity index (χ4v) is 2.22. The number of aliphatic hydroxyl groups excluding tert-OH is 1. The van der Waals surface area contributed by atoms with Crippen molar-refractivity contribution in [3.05, 3.63) is 35.1 Å². The van der Waals surface area contributed by atoms with E-state index < -0.39 is 21.6 Å². The molecule has 5 nitrogen and oxygen atoms in total. The lowest BCUT2D eigenvalue weighted by molar-refractivity contribution is 0.0949. The number of carbonyl (C=O) groups is 1. The summed E-state index contributed by atoms with van der Waals surface area (Å²) in [5.74, 6) is 3.62. The summed E-state index contributed by atoms with van der Waals surface area (Å²) in [6.45, 7) is -0.192. The zero-order chi connectivity index (χ0) is 15.9. The summed E-state index contributed by atoms with van der Waals surface area (Å²) in [6, 6.07) is 3.80. The van der Waals surface area contributed by atoms with Gasteiger partial charge < -0.3 is 10.4 Å². The molecule has 1 aromatic rings. The maximum atomic E-state index is 13.6. The molecule has 21 heavy (non-hydrogen) atoms. The van der Waals surface area contributed by atoms with Gasteiger partial charge in [-0.2, -0.15) is 0 Å². The Morgan fingerprint density at radius 3 is 2.76 bits per heavy atom. The van der Waals surface area contributed by atoms with Crippen LogP contribution in [0, 0.1) is 17.7 Å². The summed E-state index contributed by atoms with van der Waals surface area (Å²) >= 11 is 0. The molecule has 0 fully saturated rings. The van der Waals surface area contributed by atoms with Gasteiger partial charge in [0.05, 0.1) is 11.3 Å². The molecule has 0 aromatic heterocycles. The molecule has 0 heterocycles. The first kappa shape index (κ1) is 17.1. The van der Waals surface area contributed by atoms with Gasteiger partial charge in [-0.3, -0.25) is 4.79 Å². The molecular weight excluding hydrogens is 297 g/mol. The third-order valence-electron chi connectivity index (χ3n) is 2.50. The molecule has 0 saturated carbocycles. The van der Waals surface area contributed by atoms with E-state index in [1.807, 2.05) is 0 Å². The summed E-state index contributed by atoms with van der Waals surface area (Å²) in [7, 11) is -3.08. The van der Waals surface area contributed by atoms with E-state index in [0.29, 0.717) is 5.56 Å². The Bertz CT molecular complexity index is 674. The lowest BCUT2D eigenvalue weighted by Gasteiger charge is -2.06. The molecule has 0 aliphatic rings. The van der Waals surface area contributed by atoms with Gasteiger partial charge in [0.1, 0.15) is 22.3 Å². The molecule has 0 spiro atoms. The van der Waals surface area contributed by atoms with Crippen LogP contribution in [0.5, 0.6) is 0 Å². The zero-order valence-electron chi connectivity index (χ0n) is 11.5. The predicted molar refractivity (Wildman–Crippen MR) is 77.0 cm³/mol. The number of hydrogen-bond donors (Lipinski definition) is 2. The Labute approximate surface area is 123 Å². The minimum atomic E-state index is -3.08. The summed E-state index contributed by atoms with van der Waals surface area (Å²) in [5, 5.41) is 11.0. The molecule has 0 saturated heterocycles. The van der Waals surface area contributed by atoms with Gasteiger partial charge in [-0.25, -0.2) is 12.8 Å². The van der Waals surface area contributed by atoms with E-state index in [4.69, 9.17) is 5.11 Å². The van der Waals surface area contributed by atoms with Gasteiger partial charge in [0, 0.05) is 18.4 Å². The second-order valence-corrected chi connectivity index (χ2v) is 6.65. The maximum Gasteiger partial charge on any atom is 0.254 e. The lowest BCUT2D eigenvalue weighted by Crippen LogP contribution is -2.26. The summed E-state index contributed by atoms with van der Waals surface area (Å²) in [6.07, 6.45) is 1.37. The molecule has 1 aromatic carbocycles. The fraction of sp³-hybridized carbons (Fsp3) is 0.357. The topological polar surface area (TPSA) is 83.5 Å². The zero-order valence-corrected chi connectivity index (χ0v) is 12.3. The molecule has 0 atom stereocenters. The van der Waals surface area contributed by atoms with Gasteiger partial charge in [-0.05, 0) is 24.6 Å². The van der Waals surface area contributed by atoms with Crippen LogP contribution in [0.2, 0.25) is 0 Å². The number of amides is 1. The van der Waals surface area contributed by atoms with E-state index in [9.17, 15) is 17.6 Å². The third kappa shape index (κ3) is 6.38. The van der Waals surface area contributed by atoms with Crippen molar-refractivity contribution in [3.8, 4) is 11.8 Å². The van der Waals surface area contributed by atoms with Crippen molar-refractivity contribution in [1.82, 2.24) is 5.32 Å². The molecule has 7 heteroatoms. The number of sulfone groups is 1. The SMILES string of the molecule is CS(=O)(=O)CCCNC(=O)c1cc(C#CCO)ccc1F. The Hall–Kier alpha value is -1.91. The molecular formula is C14H16FNO4S. The predicted octanol–water partition coefficient (Wildman–Crippen LogP) is 0.334. The highest BCUT2D eigenvalue weighted by Gasteiger charge is 2.12. The Kier molecular flexibility index (Phi) is 6.34. The average molecular weight is 313 g/mol. The van der Waals surface area contributed by atoms with Crippen LogP contribution in [0.15, 0.2) is 18.2 Å². The van der Waals surface area contributed by atoms with Crippen molar-refractivity contribution in [2.45, 2.75) is 6.42 Å². The van der Waals surface area contributed by atoms with Crippen molar-refractivity contribution >= 4 is 15.7 Å². The third-order valence-corrected chi connectivity index (χ3v) is 3.53. The van der Waals surface area contributed by atoms with Crippen LogP contribution in [0.25, 0.3) is 0 Å². The summed E-state index contributed by atoms with van der Waals surface area (Å²) < 4.78 is 35.5. The van der Waals surface area contributed by atoms with Crippen LogP contribution < -0.4 is 5.32 Å². The molecule has 114 valence electrons. The second-order valence-electron chi connectivity index (χ2n) is 4.39. The van der Waals surface area contributed by atoms with E-state index in [1.54, 1.807) is 0 Å². The van der Waals surface area contributed by atoms with Gasteiger partial charge in [-0.1, -0.05) is 11.8 Å². The molecule has 1 rings (SSSR count). The number of carbonyl (C=O) groups excluding carboxylic acids is 1. The molecule has 0 aliphatic heterocycles. The molecule has 2 N–H and O–H groups in total. The quantitative estimate of drug-likeness (QED) is 0.606. The summed E-state index contributed by atoms with van der Waals surface area (Å²) in [4.78, 5) is 11.8. The highest BCUT2D eigenvalue weighted by molar-refractivity contribution is 7.90. The number of aliphatic hydroxyl groups is 1. The van der Waals surface area contributed by atoms with Crippen LogP contribution in [0.3, 0.4) is 0 Å². The maximum absolute atomic E-state index is 13.6. The van der Waals surface area contributed by atoms with E-state index in [2.05, 4.69) is 17.2 Å². The first-order valence-electron chi connectivity index (χ1n) is 6.18. The van der Waals surface area contributed by atoms with Gasteiger partial charge in [-0.15, -0.1) is 0 Å². The van der Waals surface area contributed by atoms with Crippen molar-refractivity contribution in [2.24, 2.45) is 0 Å². The first-order valence-corrected chi connectivity index (χ1v) is 8.25. The molecule has 0 unspecified atom stereocenters. The lowest BCUT2D eigenvalue weighted by atomic mass is 10.1. The van der Waals surface area contributed by atoms with Crippen molar-refractivity contribution in [2.75, 3.05) is 25.2 Å². The minimum absolute atomic E-state index is 0.0439. The van der Waals surface area contributed by atoms with Gasteiger partial charge in [0.2, 0.25) is 0 Å². The van der Waals surface area contributed by atoms with Gasteiger partial charge in [0.15, 0.2) is 0 Å². The monoisotopic (exact) mass is 313 g/mol. The van der Waals surface area contributed by atoms with Gasteiger partial charge in [0.25, 0.3) is 5.91 Å². The van der Waals surface area contributed by atoms with Crippen LogP contribution in [-0.4, -0.2) is 44.6 Å². The van der Waals surface area contributed by atoms with Crippen LogP contribution in [-0.2, 0) is 9.84 Å². The van der Waals surface area contributed by atoms with E-state index >= 15 is 0 Å². The second kappa shape index (κ2) is 7.76. The molecule has 1 amide bonds. The number of benzene rings is 1. The first-order chi connectivity index (χ1) is 9.83. The average Bonchev–Trinajstić information content (AvgIpc) is 2.41. The Balaban J connectivity index is 2.69. The standard InChI is InChI=1S/C14H16FNO4S/c1-21(19,20)9-3-7-16-14(18)12-10-11(4-2-8-17)5-6-13(12)15/h5-6,10,17H,3,7-9H2,1H3,(H,16,18). The van der Waals surface area contributed by atoms with E-state index in [-0.39, 0.29) is 30.9 Å². The number of rotatable bonds is 5. The highest BCUT2D eigenvalue weighted by Crippen LogP contribution is 2.10. The summed E-state index contributed by atoms with van der Waals surface area (Å²) in [5.41, 5.74) is 0.242. The molecule has 0 aliphatic carbocycles. The van der Waals surface area contributed by atoms with Crippen molar-refractivity contribution < 1.29 is 22.7 Å². The van der Waals surface area contributed by atoms with Crippen molar-refractivity contribution in [1.29, 1.82) is 0 Å². The highest BCUT2D eigenvalue weighted by atomic mass is 32.2. The van der Waals surface area contributed by atoms with Crippen LogP contribution in [0.4, 0.5) is 4.39 Å². The smallest absolute Gasteiger partial charge is 0.254 e. The fourth-order valence-electron chi connectivity index (χ4n) is 1.55.